The first-order valence-corrected chi connectivity index (χ1v) is 14.3. The van der Waals surface area contributed by atoms with E-state index in [4.69, 9.17) is 14.2 Å². The molecule has 0 bridgehead atoms. The van der Waals surface area contributed by atoms with E-state index in [1.165, 1.54) is 10.4 Å². The molecule has 1 aliphatic heterocycles. The summed E-state index contributed by atoms with van der Waals surface area (Å²) in [4.78, 5) is 32.1. The lowest BCUT2D eigenvalue weighted by atomic mass is 10.00. The van der Waals surface area contributed by atoms with Gasteiger partial charge in [-0.15, -0.1) is 11.3 Å². The minimum atomic E-state index is -0.218. The Bertz CT molecular complexity index is 1240. The molecule has 4 rings (SSSR count). The van der Waals surface area contributed by atoms with Crippen molar-refractivity contribution in [3.8, 4) is 11.5 Å². The number of hydrogen-bond donors (Lipinski definition) is 0. The number of rotatable bonds is 12. The number of nitrogens with zero attached hydrogens (tertiary/aromatic N) is 2. The first-order valence-electron chi connectivity index (χ1n) is 13.4. The maximum atomic E-state index is 13.8. The van der Waals surface area contributed by atoms with Crippen LogP contribution in [-0.4, -0.2) is 68.7 Å². The van der Waals surface area contributed by atoms with Gasteiger partial charge in [-0.1, -0.05) is 32.0 Å². The minimum absolute atomic E-state index is 0.0151. The number of carbonyl (C=O) groups is 2. The summed E-state index contributed by atoms with van der Waals surface area (Å²) in [5.74, 6) is 1.53. The van der Waals surface area contributed by atoms with Crippen LogP contribution in [-0.2, 0) is 16.0 Å². The Morgan fingerprint density at radius 3 is 2.59 bits per heavy atom. The van der Waals surface area contributed by atoms with Crippen molar-refractivity contribution < 1.29 is 23.8 Å². The summed E-state index contributed by atoms with van der Waals surface area (Å²) in [7, 11) is 3.20. The van der Waals surface area contributed by atoms with Gasteiger partial charge in [-0.05, 0) is 71.7 Å². The van der Waals surface area contributed by atoms with Crippen molar-refractivity contribution in [1.29, 1.82) is 0 Å². The van der Waals surface area contributed by atoms with Crippen molar-refractivity contribution >= 4 is 23.2 Å². The molecule has 8 heteroatoms. The molecular formula is C31H38N2O5S. The van der Waals surface area contributed by atoms with E-state index in [0.29, 0.717) is 50.0 Å². The van der Waals surface area contributed by atoms with Crippen LogP contribution in [0.15, 0.2) is 60.0 Å². The van der Waals surface area contributed by atoms with Gasteiger partial charge >= 0.3 is 0 Å². The van der Waals surface area contributed by atoms with E-state index in [2.05, 4.69) is 37.4 Å². The first-order chi connectivity index (χ1) is 18.9. The molecule has 2 amide bonds. The fraction of sp³-hybridized carbons (Fsp3) is 0.419. The number of benzene rings is 2. The van der Waals surface area contributed by atoms with Crippen LogP contribution in [0, 0.1) is 0 Å². The molecule has 39 heavy (non-hydrogen) atoms. The van der Waals surface area contributed by atoms with E-state index in [-0.39, 0.29) is 24.4 Å². The Hall–Kier alpha value is -3.36. The van der Waals surface area contributed by atoms with E-state index < -0.39 is 0 Å². The number of hydrogen-bond acceptors (Lipinski definition) is 6. The summed E-state index contributed by atoms with van der Waals surface area (Å²) < 4.78 is 16.7. The molecule has 1 aliphatic rings. The molecule has 0 fully saturated rings. The van der Waals surface area contributed by atoms with Crippen molar-refractivity contribution in [2.45, 2.75) is 38.6 Å². The van der Waals surface area contributed by atoms with Gasteiger partial charge in [0.05, 0.1) is 13.2 Å². The highest BCUT2D eigenvalue weighted by atomic mass is 32.1. The van der Waals surface area contributed by atoms with Crippen LogP contribution in [0.1, 0.15) is 58.6 Å². The molecule has 2 heterocycles. The molecule has 7 nitrogen and oxygen atoms in total. The van der Waals surface area contributed by atoms with Crippen molar-refractivity contribution in [2.75, 3.05) is 47.1 Å². The SMILES string of the molecule is COCCCN(CC(=O)N1CCc2sccc2C1COc1ccc(C(C)C)cc1)C(=O)c1cccc(OC)c1. The zero-order valence-corrected chi connectivity index (χ0v) is 24.0. The van der Waals surface area contributed by atoms with E-state index in [1.54, 1.807) is 54.7 Å². The number of ether oxygens (including phenoxy) is 3. The fourth-order valence-electron chi connectivity index (χ4n) is 4.84. The molecule has 3 aromatic rings. The molecule has 1 atom stereocenters. The van der Waals surface area contributed by atoms with E-state index in [0.717, 1.165) is 17.7 Å². The normalized spacial score (nSPS) is 14.7. The summed E-state index contributed by atoms with van der Waals surface area (Å²) in [5, 5.41) is 2.08. The van der Waals surface area contributed by atoms with Crippen LogP contribution >= 0.6 is 11.3 Å². The van der Waals surface area contributed by atoms with Crippen molar-refractivity contribution in [1.82, 2.24) is 9.80 Å². The van der Waals surface area contributed by atoms with Gasteiger partial charge in [0.15, 0.2) is 0 Å². The third-order valence-corrected chi connectivity index (χ3v) is 8.07. The maximum Gasteiger partial charge on any atom is 0.254 e. The van der Waals surface area contributed by atoms with Gasteiger partial charge in [0.25, 0.3) is 5.91 Å². The molecule has 208 valence electrons. The van der Waals surface area contributed by atoms with Gasteiger partial charge < -0.3 is 24.0 Å². The molecule has 0 saturated carbocycles. The summed E-state index contributed by atoms with van der Waals surface area (Å²) in [6.07, 6.45) is 1.43. The number of methoxy groups -OCH3 is 2. The summed E-state index contributed by atoms with van der Waals surface area (Å²) in [6, 6.07) is 17.1. The summed E-state index contributed by atoms with van der Waals surface area (Å²) in [6.45, 7) is 6.17. The number of amides is 2. The van der Waals surface area contributed by atoms with Gasteiger partial charge in [-0.2, -0.15) is 0 Å². The van der Waals surface area contributed by atoms with Crippen LogP contribution in [0.4, 0.5) is 0 Å². The molecule has 0 radical (unpaired) electrons. The van der Waals surface area contributed by atoms with Crippen molar-refractivity contribution in [2.24, 2.45) is 0 Å². The molecule has 0 N–H and O–H groups in total. The summed E-state index contributed by atoms with van der Waals surface area (Å²) in [5.41, 5.74) is 2.87. The van der Waals surface area contributed by atoms with Crippen LogP contribution in [0.3, 0.4) is 0 Å². The highest BCUT2D eigenvalue weighted by Crippen LogP contribution is 2.34. The zero-order valence-electron chi connectivity index (χ0n) is 23.2. The van der Waals surface area contributed by atoms with Crippen LogP contribution in [0.25, 0.3) is 0 Å². The Balaban J connectivity index is 1.51. The topological polar surface area (TPSA) is 68.3 Å². The standard InChI is InChI=1S/C31H38N2O5S/c1-22(2)23-9-11-25(12-10-23)38-21-28-27-14-18-39-29(27)13-16-33(28)30(34)20-32(15-6-17-36-3)31(35)24-7-5-8-26(19-24)37-4/h5,7-12,14,18-19,22,28H,6,13,15-17,20-21H2,1-4H3. The summed E-state index contributed by atoms with van der Waals surface area (Å²) >= 11 is 1.72. The lowest BCUT2D eigenvalue weighted by Gasteiger charge is -2.37. The number of fused-ring (bicyclic) bond motifs is 1. The van der Waals surface area contributed by atoms with E-state index in [9.17, 15) is 9.59 Å². The molecular weight excluding hydrogens is 512 g/mol. The molecule has 0 aliphatic carbocycles. The van der Waals surface area contributed by atoms with Crippen LogP contribution in [0.2, 0.25) is 0 Å². The highest BCUT2D eigenvalue weighted by molar-refractivity contribution is 7.10. The van der Waals surface area contributed by atoms with Gasteiger partial charge in [0.2, 0.25) is 5.91 Å². The maximum absolute atomic E-state index is 13.8. The Labute approximate surface area is 235 Å². The second-order valence-electron chi connectivity index (χ2n) is 9.99. The zero-order chi connectivity index (χ0) is 27.8. The lowest BCUT2D eigenvalue weighted by Crippen LogP contribution is -2.48. The molecule has 0 spiro atoms. The van der Waals surface area contributed by atoms with Crippen molar-refractivity contribution in [3.63, 3.8) is 0 Å². The Kier molecular flexibility index (Phi) is 10.0. The van der Waals surface area contributed by atoms with Gasteiger partial charge in [-0.25, -0.2) is 0 Å². The molecule has 1 aromatic heterocycles. The minimum Gasteiger partial charge on any atom is -0.497 e. The molecule has 0 saturated heterocycles. The molecule has 2 aromatic carbocycles. The second-order valence-corrected chi connectivity index (χ2v) is 11.0. The second kappa shape index (κ2) is 13.6. The van der Waals surface area contributed by atoms with Gasteiger partial charge in [-0.3, -0.25) is 9.59 Å². The largest absolute Gasteiger partial charge is 0.497 e. The monoisotopic (exact) mass is 550 g/mol. The average Bonchev–Trinajstić information content (AvgIpc) is 3.44. The van der Waals surface area contributed by atoms with E-state index in [1.807, 2.05) is 17.0 Å². The van der Waals surface area contributed by atoms with Crippen molar-refractivity contribution in [3.05, 3.63) is 81.5 Å². The predicted octanol–water partition coefficient (Wildman–Crippen LogP) is 5.56. The number of carbonyl (C=O) groups excluding carboxylic acids is 2. The van der Waals surface area contributed by atoms with Gasteiger partial charge in [0, 0.05) is 37.2 Å². The third kappa shape index (κ3) is 7.19. The molecule has 1 unspecified atom stereocenters. The quantitative estimate of drug-likeness (QED) is 0.276. The smallest absolute Gasteiger partial charge is 0.254 e. The fourth-order valence-corrected chi connectivity index (χ4v) is 5.77. The highest BCUT2D eigenvalue weighted by Gasteiger charge is 2.33. The Morgan fingerprint density at radius 1 is 1.08 bits per heavy atom. The number of thiophene rings is 1. The predicted molar refractivity (Wildman–Crippen MR) is 154 cm³/mol. The first kappa shape index (κ1) is 28.6. The lowest BCUT2D eigenvalue weighted by molar-refractivity contribution is -0.135. The average molecular weight is 551 g/mol. The third-order valence-electron chi connectivity index (χ3n) is 7.08. The van der Waals surface area contributed by atoms with E-state index >= 15 is 0 Å². The van der Waals surface area contributed by atoms with Crippen LogP contribution < -0.4 is 9.47 Å². The van der Waals surface area contributed by atoms with Gasteiger partial charge in [0.1, 0.15) is 24.7 Å². The Morgan fingerprint density at radius 2 is 1.87 bits per heavy atom. The van der Waals surface area contributed by atoms with Crippen LogP contribution in [0.5, 0.6) is 11.5 Å².